The van der Waals surface area contributed by atoms with Crippen LogP contribution in [0.5, 0.6) is 0 Å². The first-order chi connectivity index (χ1) is 8.79. The van der Waals surface area contributed by atoms with Crippen molar-refractivity contribution in [2.45, 2.75) is 37.4 Å². The quantitative estimate of drug-likeness (QED) is 0.705. The van der Waals surface area contributed by atoms with Crippen molar-refractivity contribution < 1.29 is 16.8 Å². The summed E-state index contributed by atoms with van der Waals surface area (Å²) < 4.78 is 49.6. The number of rotatable bonds is 6. The second-order valence-electron chi connectivity index (χ2n) is 5.66. The summed E-state index contributed by atoms with van der Waals surface area (Å²) in [6.07, 6.45) is 3.57. The zero-order valence-electron chi connectivity index (χ0n) is 10.8. The monoisotopic (exact) mass is 373 g/mol. The Morgan fingerprint density at radius 3 is 2.26 bits per heavy atom. The van der Waals surface area contributed by atoms with Gasteiger partial charge in [0.2, 0.25) is 10.0 Å². The molecule has 0 radical (unpaired) electrons. The average Bonchev–Trinajstić information content (AvgIpc) is 3.07. The molecule has 2 rings (SSSR count). The average molecular weight is 374 g/mol. The SMILES string of the molecule is O=S1(=O)CCC(S(=O)(=O)NCC2(CCBr)CC2)CC1. The van der Waals surface area contributed by atoms with E-state index in [9.17, 15) is 16.8 Å². The fraction of sp³-hybridized carbons (Fsp3) is 1.00. The van der Waals surface area contributed by atoms with E-state index in [1.807, 2.05) is 0 Å². The standard InChI is InChI=1S/C11H20BrNO4S2/c12-6-5-11(3-4-11)9-13-19(16,17)10-1-7-18(14,15)8-2-10/h10,13H,1-9H2. The van der Waals surface area contributed by atoms with Crippen LogP contribution >= 0.6 is 15.9 Å². The van der Waals surface area contributed by atoms with E-state index in [1.54, 1.807) is 0 Å². The van der Waals surface area contributed by atoms with Gasteiger partial charge in [0.15, 0.2) is 0 Å². The van der Waals surface area contributed by atoms with Crippen LogP contribution in [-0.2, 0) is 19.9 Å². The summed E-state index contributed by atoms with van der Waals surface area (Å²) in [5, 5.41) is 0.340. The molecule has 0 bridgehead atoms. The van der Waals surface area contributed by atoms with Crippen LogP contribution < -0.4 is 4.72 Å². The van der Waals surface area contributed by atoms with Crippen LogP contribution in [0.3, 0.4) is 0 Å². The van der Waals surface area contributed by atoms with Crippen molar-refractivity contribution in [2.24, 2.45) is 5.41 Å². The van der Waals surface area contributed by atoms with Gasteiger partial charge in [-0.15, -0.1) is 0 Å². The number of sulfone groups is 1. The van der Waals surface area contributed by atoms with Crippen LogP contribution in [0, 0.1) is 5.41 Å². The zero-order chi connectivity index (χ0) is 14.1. The highest BCUT2D eigenvalue weighted by Gasteiger charge is 2.43. The highest BCUT2D eigenvalue weighted by Crippen LogP contribution is 2.48. The van der Waals surface area contributed by atoms with Crippen molar-refractivity contribution in [3.63, 3.8) is 0 Å². The van der Waals surface area contributed by atoms with Crippen molar-refractivity contribution in [3.05, 3.63) is 0 Å². The smallest absolute Gasteiger partial charge is 0.214 e. The highest BCUT2D eigenvalue weighted by molar-refractivity contribution is 9.09. The lowest BCUT2D eigenvalue weighted by Crippen LogP contribution is -2.41. The molecule has 1 saturated carbocycles. The summed E-state index contributed by atoms with van der Waals surface area (Å²) >= 11 is 3.39. The van der Waals surface area contributed by atoms with Crippen LogP contribution in [0.4, 0.5) is 0 Å². The minimum atomic E-state index is -3.37. The molecule has 2 aliphatic rings. The predicted molar refractivity (Wildman–Crippen MR) is 78.7 cm³/mol. The van der Waals surface area contributed by atoms with Crippen LogP contribution in [-0.4, -0.2) is 45.5 Å². The maximum Gasteiger partial charge on any atom is 0.214 e. The summed E-state index contributed by atoms with van der Waals surface area (Å²) in [5.41, 5.74) is 0.136. The van der Waals surface area contributed by atoms with Gasteiger partial charge in [-0.25, -0.2) is 21.6 Å². The maximum absolute atomic E-state index is 12.2. The molecule has 0 aromatic heterocycles. The van der Waals surface area contributed by atoms with Gasteiger partial charge in [-0.1, -0.05) is 15.9 Å². The Bertz CT molecular complexity index is 511. The van der Waals surface area contributed by atoms with Crippen molar-refractivity contribution in [3.8, 4) is 0 Å². The fourth-order valence-corrected chi connectivity index (χ4v) is 6.67. The van der Waals surface area contributed by atoms with Gasteiger partial charge < -0.3 is 0 Å². The molecule has 19 heavy (non-hydrogen) atoms. The number of halogens is 1. The van der Waals surface area contributed by atoms with E-state index in [4.69, 9.17) is 0 Å². The summed E-state index contributed by atoms with van der Waals surface area (Å²) in [7, 11) is -6.39. The van der Waals surface area contributed by atoms with Gasteiger partial charge in [0.05, 0.1) is 16.8 Å². The van der Waals surface area contributed by atoms with Crippen LogP contribution in [0.2, 0.25) is 0 Å². The molecule has 112 valence electrons. The van der Waals surface area contributed by atoms with Crippen molar-refractivity contribution in [1.29, 1.82) is 0 Å². The Hall–Kier alpha value is 0.340. The molecule has 1 saturated heterocycles. The van der Waals surface area contributed by atoms with Crippen LogP contribution in [0.15, 0.2) is 0 Å². The second-order valence-corrected chi connectivity index (χ2v) is 10.8. The molecule has 1 heterocycles. The molecule has 0 aromatic rings. The summed E-state index contributed by atoms with van der Waals surface area (Å²) in [6.45, 7) is 0.490. The molecule has 0 aromatic carbocycles. The number of hydrogen-bond donors (Lipinski definition) is 1. The summed E-state index contributed by atoms with van der Waals surface area (Å²) in [5.74, 6) is -0.0176. The molecule has 8 heteroatoms. The van der Waals surface area contributed by atoms with Gasteiger partial charge in [0, 0.05) is 11.9 Å². The van der Waals surface area contributed by atoms with Crippen molar-refractivity contribution in [2.75, 3.05) is 23.4 Å². The Morgan fingerprint density at radius 1 is 1.21 bits per heavy atom. The first-order valence-electron chi connectivity index (χ1n) is 6.54. The van der Waals surface area contributed by atoms with E-state index < -0.39 is 25.1 Å². The van der Waals surface area contributed by atoms with Gasteiger partial charge >= 0.3 is 0 Å². The van der Waals surface area contributed by atoms with E-state index in [1.165, 1.54) is 0 Å². The number of hydrogen-bond acceptors (Lipinski definition) is 4. The molecule has 2 fully saturated rings. The van der Waals surface area contributed by atoms with Gasteiger partial charge in [-0.2, -0.15) is 0 Å². The van der Waals surface area contributed by atoms with Crippen LogP contribution in [0.25, 0.3) is 0 Å². The van der Waals surface area contributed by atoms with Gasteiger partial charge in [0.1, 0.15) is 9.84 Å². The molecule has 0 atom stereocenters. The normalized spacial score (nSPS) is 26.2. The number of sulfonamides is 1. The molecule has 0 spiro atoms. The Kier molecular flexibility index (Phi) is 4.65. The Labute approximate surface area is 123 Å². The predicted octanol–water partition coefficient (Wildman–Crippen LogP) is 1.05. The topological polar surface area (TPSA) is 80.3 Å². The minimum absolute atomic E-state index is 0.00881. The second kappa shape index (κ2) is 5.61. The largest absolute Gasteiger partial charge is 0.229 e. The van der Waals surface area contributed by atoms with E-state index in [2.05, 4.69) is 20.7 Å². The van der Waals surface area contributed by atoms with Crippen molar-refractivity contribution >= 4 is 35.8 Å². The van der Waals surface area contributed by atoms with E-state index >= 15 is 0 Å². The lowest BCUT2D eigenvalue weighted by molar-refractivity contribution is 0.474. The zero-order valence-corrected chi connectivity index (χ0v) is 14.0. The van der Waals surface area contributed by atoms with Gasteiger partial charge in [-0.05, 0) is 37.5 Å². The summed E-state index contributed by atoms with van der Waals surface area (Å²) in [6, 6.07) is 0. The fourth-order valence-electron chi connectivity index (χ4n) is 2.44. The molecular weight excluding hydrogens is 354 g/mol. The molecule has 1 aliphatic carbocycles. The lowest BCUT2D eigenvalue weighted by atomic mass is 10.1. The number of alkyl halides is 1. The minimum Gasteiger partial charge on any atom is -0.229 e. The number of nitrogens with one attached hydrogen (secondary N) is 1. The van der Waals surface area contributed by atoms with Gasteiger partial charge in [-0.3, -0.25) is 0 Å². The van der Waals surface area contributed by atoms with E-state index in [0.717, 1.165) is 24.6 Å². The maximum atomic E-state index is 12.2. The Morgan fingerprint density at radius 2 is 1.79 bits per heavy atom. The van der Waals surface area contributed by atoms with Crippen LogP contribution in [0.1, 0.15) is 32.1 Å². The third-order valence-corrected chi connectivity index (χ3v) is 8.18. The lowest BCUT2D eigenvalue weighted by Gasteiger charge is -2.23. The first-order valence-corrected chi connectivity index (χ1v) is 11.0. The first kappa shape index (κ1) is 15.7. The van der Waals surface area contributed by atoms with E-state index in [-0.39, 0.29) is 29.8 Å². The summed E-state index contributed by atoms with van der Waals surface area (Å²) in [4.78, 5) is 0. The third-order valence-electron chi connectivity index (χ3n) is 4.17. The van der Waals surface area contributed by atoms with Gasteiger partial charge in [0.25, 0.3) is 0 Å². The molecular formula is C11H20BrNO4S2. The third kappa shape index (κ3) is 4.15. The van der Waals surface area contributed by atoms with Crippen molar-refractivity contribution in [1.82, 2.24) is 4.72 Å². The van der Waals surface area contributed by atoms with E-state index in [0.29, 0.717) is 6.54 Å². The Balaban J connectivity index is 1.89. The molecule has 1 aliphatic heterocycles. The molecule has 5 nitrogen and oxygen atoms in total. The highest BCUT2D eigenvalue weighted by atomic mass is 79.9. The molecule has 0 amide bonds. The molecule has 1 N–H and O–H groups in total. The molecule has 0 unspecified atom stereocenters.